The second kappa shape index (κ2) is 5.80. The van der Waals surface area contributed by atoms with Gasteiger partial charge in [-0.2, -0.15) is 0 Å². The normalized spacial score (nSPS) is 12.2. The molecule has 1 heterocycles. The van der Waals surface area contributed by atoms with Gasteiger partial charge in [0.1, 0.15) is 4.88 Å². The summed E-state index contributed by atoms with van der Waals surface area (Å²) in [6.45, 7) is 3.79. The van der Waals surface area contributed by atoms with Crippen LogP contribution in [0.3, 0.4) is 0 Å². The van der Waals surface area contributed by atoms with Gasteiger partial charge in [-0.05, 0) is 24.8 Å². The van der Waals surface area contributed by atoms with Crippen LogP contribution in [-0.2, 0) is 0 Å². The van der Waals surface area contributed by atoms with E-state index in [2.05, 4.69) is 0 Å². The van der Waals surface area contributed by atoms with Crippen LogP contribution in [0.25, 0.3) is 0 Å². The third kappa shape index (κ3) is 3.40. The Morgan fingerprint density at radius 1 is 1.71 bits per heavy atom. The van der Waals surface area contributed by atoms with E-state index in [1.807, 2.05) is 19.2 Å². The number of carbonyl (C=O) groups excluding carboxylic acids is 1. The average molecular weight is 291 g/mol. The first-order chi connectivity index (χ1) is 7.84. The Bertz CT molecular complexity index is 445. The number of nitrogens with two attached hydrogens (primary N) is 1. The van der Waals surface area contributed by atoms with Crippen LogP contribution in [0.2, 0.25) is 5.02 Å². The van der Waals surface area contributed by atoms with Crippen LogP contribution in [0.4, 0.5) is 0 Å². The number of amides is 1. The molecule has 1 aromatic heterocycles. The van der Waals surface area contributed by atoms with Crippen molar-refractivity contribution < 1.29 is 4.79 Å². The van der Waals surface area contributed by atoms with Gasteiger partial charge in [0.05, 0.1) is 10.0 Å². The summed E-state index contributed by atoms with van der Waals surface area (Å²) in [6.07, 6.45) is 0.513. The number of thiocarbonyl (C=S) groups is 1. The first-order valence-electron chi connectivity index (χ1n) is 5.13. The number of hydrogen-bond acceptors (Lipinski definition) is 3. The summed E-state index contributed by atoms with van der Waals surface area (Å²) in [6, 6.07) is -0.0292. The molecule has 1 atom stereocenters. The molecule has 1 rings (SSSR count). The molecule has 6 heteroatoms. The summed E-state index contributed by atoms with van der Waals surface area (Å²) >= 11 is 12.3. The van der Waals surface area contributed by atoms with Crippen LogP contribution < -0.4 is 5.73 Å². The molecule has 0 aliphatic heterocycles. The van der Waals surface area contributed by atoms with Crippen molar-refractivity contribution in [1.82, 2.24) is 4.90 Å². The number of carbonyl (C=O) groups is 1. The molecule has 1 unspecified atom stereocenters. The van der Waals surface area contributed by atoms with E-state index in [-0.39, 0.29) is 11.9 Å². The molecule has 1 amide bonds. The fourth-order valence-corrected chi connectivity index (χ4v) is 2.86. The van der Waals surface area contributed by atoms with Crippen molar-refractivity contribution in [3.63, 3.8) is 0 Å². The Balaban J connectivity index is 2.83. The molecule has 94 valence electrons. The summed E-state index contributed by atoms with van der Waals surface area (Å²) < 4.78 is 0. The number of halogens is 1. The molecular formula is C11H15ClN2OS2. The third-order valence-electron chi connectivity index (χ3n) is 2.57. The zero-order valence-corrected chi connectivity index (χ0v) is 12.4. The lowest BCUT2D eigenvalue weighted by Gasteiger charge is -2.24. The fourth-order valence-electron chi connectivity index (χ4n) is 1.36. The fraction of sp³-hybridized carbons (Fsp3) is 0.455. The molecule has 0 fully saturated rings. The molecule has 0 spiro atoms. The first kappa shape index (κ1) is 14.4. The lowest BCUT2D eigenvalue weighted by molar-refractivity contribution is 0.0753. The molecule has 3 nitrogen and oxygen atoms in total. The molecule has 0 saturated heterocycles. The van der Waals surface area contributed by atoms with E-state index in [0.717, 1.165) is 5.56 Å². The largest absolute Gasteiger partial charge is 0.393 e. The summed E-state index contributed by atoms with van der Waals surface area (Å²) in [5, 5.41) is 2.41. The van der Waals surface area contributed by atoms with E-state index in [4.69, 9.17) is 29.6 Å². The highest BCUT2D eigenvalue weighted by Gasteiger charge is 2.22. The SMILES string of the molecule is Cc1csc(C(=O)N(C)C(C)CC(N)=S)c1Cl. The molecule has 0 radical (unpaired) electrons. The van der Waals surface area contributed by atoms with Gasteiger partial charge in [-0.15, -0.1) is 11.3 Å². The van der Waals surface area contributed by atoms with Gasteiger partial charge >= 0.3 is 0 Å². The summed E-state index contributed by atoms with van der Waals surface area (Å²) in [4.78, 5) is 14.8. The van der Waals surface area contributed by atoms with E-state index in [1.165, 1.54) is 11.3 Å². The zero-order chi connectivity index (χ0) is 13.2. The lowest BCUT2D eigenvalue weighted by Crippen LogP contribution is -2.37. The molecule has 1 aromatic rings. The summed E-state index contributed by atoms with van der Waals surface area (Å²) in [5.74, 6) is -0.0862. The molecule has 2 N–H and O–H groups in total. The van der Waals surface area contributed by atoms with Crippen LogP contribution in [0.1, 0.15) is 28.6 Å². The van der Waals surface area contributed by atoms with Crippen molar-refractivity contribution in [1.29, 1.82) is 0 Å². The lowest BCUT2D eigenvalue weighted by atomic mass is 10.2. The summed E-state index contributed by atoms with van der Waals surface area (Å²) in [7, 11) is 1.73. The van der Waals surface area contributed by atoms with Crippen LogP contribution in [0, 0.1) is 6.92 Å². The van der Waals surface area contributed by atoms with Crippen LogP contribution in [0.15, 0.2) is 5.38 Å². The van der Waals surface area contributed by atoms with Gasteiger partial charge in [0.2, 0.25) is 0 Å². The molecular weight excluding hydrogens is 276 g/mol. The van der Waals surface area contributed by atoms with Crippen molar-refractivity contribution in [2.75, 3.05) is 7.05 Å². The topological polar surface area (TPSA) is 46.3 Å². The highest BCUT2D eigenvalue weighted by atomic mass is 35.5. The van der Waals surface area contributed by atoms with E-state index < -0.39 is 0 Å². The molecule has 0 saturated carbocycles. The maximum atomic E-state index is 12.2. The second-order valence-corrected chi connectivity index (χ2v) is 5.78. The molecule has 0 bridgehead atoms. The van der Waals surface area contributed by atoms with Gasteiger partial charge in [0.25, 0.3) is 5.91 Å². The van der Waals surface area contributed by atoms with Gasteiger partial charge in [-0.3, -0.25) is 4.79 Å². The minimum absolute atomic E-state index is 0.0292. The van der Waals surface area contributed by atoms with Crippen LogP contribution >= 0.6 is 35.2 Å². The standard InChI is InChI=1S/C11H15ClN2OS2/c1-6-5-17-10(9(6)12)11(15)14(3)7(2)4-8(13)16/h5,7H,4H2,1-3H3,(H2,13,16). The van der Waals surface area contributed by atoms with E-state index in [9.17, 15) is 4.79 Å². The zero-order valence-electron chi connectivity index (χ0n) is 9.99. The average Bonchev–Trinajstić information content (AvgIpc) is 2.57. The van der Waals surface area contributed by atoms with E-state index >= 15 is 0 Å². The van der Waals surface area contributed by atoms with Crippen molar-refractivity contribution >= 4 is 46.1 Å². The number of rotatable bonds is 4. The van der Waals surface area contributed by atoms with E-state index in [0.29, 0.717) is 21.3 Å². The highest BCUT2D eigenvalue weighted by Crippen LogP contribution is 2.28. The van der Waals surface area contributed by atoms with Crippen molar-refractivity contribution in [3.05, 3.63) is 20.8 Å². The second-order valence-electron chi connectivity index (χ2n) is 4.00. The minimum Gasteiger partial charge on any atom is -0.393 e. The van der Waals surface area contributed by atoms with Crippen molar-refractivity contribution in [2.24, 2.45) is 5.73 Å². The molecule has 0 aliphatic rings. The number of hydrogen-bond donors (Lipinski definition) is 1. The quantitative estimate of drug-likeness (QED) is 0.868. The van der Waals surface area contributed by atoms with Crippen LogP contribution in [-0.4, -0.2) is 28.9 Å². The van der Waals surface area contributed by atoms with E-state index in [1.54, 1.807) is 11.9 Å². The van der Waals surface area contributed by atoms with Gasteiger partial charge < -0.3 is 10.6 Å². The smallest absolute Gasteiger partial charge is 0.265 e. The Morgan fingerprint density at radius 2 is 2.29 bits per heavy atom. The highest BCUT2D eigenvalue weighted by molar-refractivity contribution is 7.80. The Morgan fingerprint density at radius 3 is 2.71 bits per heavy atom. The molecule has 0 aromatic carbocycles. The van der Waals surface area contributed by atoms with Crippen LogP contribution in [0.5, 0.6) is 0 Å². The van der Waals surface area contributed by atoms with Gasteiger partial charge in [0, 0.05) is 19.5 Å². The number of thiophene rings is 1. The summed E-state index contributed by atoms with van der Waals surface area (Å²) in [5.41, 5.74) is 6.40. The number of aryl methyl sites for hydroxylation is 1. The predicted octanol–water partition coefficient (Wildman–Crippen LogP) is 2.85. The van der Waals surface area contributed by atoms with Crippen molar-refractivity contribution in [2.45, 2.75) is 26.3 Å². The molecule has 0 aliphatic carbocycles. The monoisotopic (exact) mass is 290 g/mol. The maximum absolute atomic E-state index is 12.2. The maximum Gasteiger partial charge on any atom is 0.265 e. The van der Waals surface area contributed by atoms with Gasteiger partial charge in [-0.25, -0.2) is 0 Å². The molecule has 17 heavy (non-hydrogen) atoms. The Labute approximate surface area is 116 Å². The van der Waals surface area contributed by atoms with Crippen molar-refractivity contribution in [3.8, 4) is 0 Å². The van der Waals surface area contributed by atoms with Gasteiger partial charge in [-0.1, -0.05) is 23.8 Å². The Hall–Kier alpha value is -0.650. The Kier molecular flexibility index (Phi) is 4.91. The minimum atomic E-state index is -0.0862. The van der Waals surface area contributed by atoms with Gasteiger partial charge in [0.15, 0.2) is 0 Å². The predicted molar refractivity (Wildman–Crippen MR) is 77.0 cm³/mol. The number of nitrogens with zero attached hydrogens (tertiary/aromatic N) is 1. The third-order valence-corrected chi connectivity index (χ3v) is 4.42. The first-order valence-corrected chi connectivity index (χ1v) is 6.80.